The third-order valence-corrected chi connectivity index (χ3v) is 12.9. The van der Waals surface area contributed by atoms with Crippen LogP contribution in [0.1, 0.15) is 78.6 Å². The molecule has 5 rings (SSSR count). The number of hydrazone groups is 1. The highest BCUT2D eigenvalue weighted by Gasteiger charge is 2.64. The lowest BCUT2D eigenvalue weighted by molar-refractivity contribution is -0.141. The van der Waals surface area contributed by atoms with Crippen LogP contribution in [0.25, 0.3) is 0 Å². The molecule has 4 aliphatic carbocycles. The van der Waals surface area contributed by atoms with Crippen molar-refractivity contribution >= 4 is 21.7 Å². The SMILES string of the molecule is COC(=O)CC[C@@H](C)C1CCC2C3C(CC[C@@]21C)[C@@]1(C)CC[C@@H](O)C[C@H]1/C(=N/NS(=O)(=O)c1ccccc1)[C@H]3O. The zero-order valence-electron chi connectivity index (χ0n) is 24.3. The largest absolute Gasteiger partial charge is 0.469 e. The summed E-state index contributed by atoms with van der Waals surface area (Å²) in [5.74, 6) is 1.00. The molecule has 10 atom stereocenters. The summed E-state index contributed by atoms with van der Waals surface area (Å²) in [4.78, 5) is 14.4. The van der Waals surface area contributed by atoms with E-state index in [0.717, 1.165) is 38.5 Å². The molecule has 0 aromatic heterocycles. The van der Waals surface area contributed by atoms with Crippen LogP contribution in [0, 0.1) is 46.3 Å². The van der Waals surface area contributed by atoms with E-state index in [4.69, 9.17) is 4.74 Å². The number of carbonyl (C=O) groups is 1. The summed E-state index contributed by atoms with van der Waals surface area (Å²) in [7, 11) is -2.46. The summed E-state index contributed by atoms with van der Waals surface area (Å²) in [6.45, 7) is 6.90. The molecule has 9 heteroatoms. The van der Waals surface area contributed by atoms with Gasteiger partial charge in [-0.15, -0.1) is 0 Å². The van der Waals surface area contributed by atoms with Crippen molar-refractivity contribution in [1.82, 2.24) is 4.83 Å². The van der Waals surface area contributed by atoms with Crippen molar-refractivity contribution < 1.29 is 28.2 Å². The molecule has 4 saturated carbocycles. The van der Waals surface area contributed by atoms with E-state index in [1.54, 1.807) is 18.2 Å². The van der Waals surface area contributed by atoms with E-state index in [2.05, 4.69) is 30.7 Å². The smallest absolute Gasteiger partial charge is 0.305 e. The minimum Gasteiger partial charge on any atom is -0.469 e. The predicted molar refractivity (Wildman–Crippen MR) is 153 cm³/mol. The molecule has 0 radical (unpaired) electrons. The Bertz CT molecular complexity index is 1220. The van der Waals surface area contributed by atoms with E-state index in [9.17, 15) is 23.4 Å². The number of hydrogen-bond donors (Lipinski definition) is 3. The third-order valence-electron chi connectivity index (χ3n) is 11.7. The molecule has 1 aromatic rings. The van der Waals surface area contributed by atoms with Crippen LogP contribution in [-0.4, -0.2) is 49.6 Å². The Labute approximate surface area is 239 Å². The van der Waals surface area contributed by atoms with E-state index in [0.29, 0.717) is 36.8 Å². The number of esters is 1. The zero-order chi connectivity index (χ0) is 28.9. The van der Waals surface area contributed by atoms with Gasteiger partial charge in [0.25, 0.3) is 10.0 Å². The first kappa shape index (κ1) is 29.5. The molecule has 4 unspecified atom stereocenters. The van der Waals surface area contributed by atoms with Gasteiger partial charge in [0.05, 0.1) is 29.9 Å². The lowest BCUT2D eigenvalue weighted by atomic mass is 9.43. The van der Waals surface area contributed by atoms with Crippen LogP contribution in [0.5, 0.6) is 0 Å². The molecule has 0 heterocycles. The molecule has 1 aromatic carbocycles. The number of carbonyl (C=O) groups excluding carboxylic acids is 1. The maximum absolute atomic E-state index is 13.1. The molecule has 222 valence electrons. The number of hydrogen-bond acceptors (Lipinski definition) is 7. The van der Waals surface area contributed by atoms with Crippen LogP contribution in [0.15, 0.2) is 40.3 Å². The normalized spacial score (nSPS) is 41.0. The molecular weight excluding hydrogens is 528 g/mol. The van der Waals surface area contributed by atoms with Crippen LogP contribution in [0.2, 0.25) is 0 Å². The highest BCUT2D eigenvalue weighted by Crippen LogP contribution is 2.68. The Morgan fingerprint density at radius 3 is 2.45 bits per heavy atom. The van der Waals surface area contributed by atoms with Gasteiger partial charge < -0.3 is 14.9 Å². The number of rotatable bonds is 7. The van der Waals surface area contributed by atoms with Crippen LogP contribution in [-0.2, 0) is 19.6 Å². The summed E-state index contributed by atoms with van der Waals surface area (Å²) in [6.07, 6.45) is 6.03. The van der Waals surface area contributed by atoms with Crippen molar-refractivity contribution in [2.75, 3.05) is 7.11 Å². The van der Waals surface area contributed by atoms with Crippen molar-refractivity contribution in [3.8, 4) is 0 Å². The molecule has 0 bridgehead atoms. The Morgan fingerprint density at radius 2 is 1.75 bits per heavy atom. The topological polar surface area (TPSA) is 125 Å². The van der Waals surface area contributed by atoms with Gasteiger partial charge in [0.15, 0.2) is 0 Å². The van der Waals surface area contributed by atoms with Gasteiger partial charge in [-0.05, 0) is 104 Å². The van der Waals surface area contributed by atoms with Gasteiger partial charge in [-0.3, -0.25) is 4.79 Å². The van der Waals surface area contributed by atoms with Gasteiger partial charge in [0.1, 0.15) is 0 Å². The number of ether oxygens (including phenoxy) is 1. The van der Waals surface area contributed by atoms with Crippen molar-refractivity contribution in [3.05, 3.63) is 30.3 Å². The Morgan fingerprint density at radius 1 is 1.07 bits per heavy atom. The molecule has 40 heavy (non-hydrogen) atoms. The quantitative estimate of drug-likeness (QED) is 0.325. The van der Waals surface area contributed by atoms with Gasteiger partial charge in [-0.2, -0.15) is 13.5 Å². The number of nitrogens with one attached hydrogen (secondary N) is 1. The van der Waals surface area contributed by atoms with Crippen LogP contribution >= 0.6 is 0 Å². The highest BCUT2D eigenvalue weighted by molar-refractivity contribution is 7.89. The lowest BCUT2D eigenvalue weighted by Gasteiger charge is -2.62. The van der Waals surface area contributed by atoms with Crippen molar-refractivity contribution in [3.63, 3.8) is 0 Å². The van der Waals surface area contributed by atoms with Crippen molar-refractivity contribution in [2.24, 2.45) is 51.4 Å². The maximum Gasteiger partial charge on any atom is 0.305 e. The van der Waals surface area contributed by atoms with Crippen LogP contribution < -0.4 is 4.83 Å². The molecule has 4 aliphatic rings. The average Bonchev–Trinajstić information content (AvgIpc) is 3.30. The monoisotopic (exact) mass is 574 g/mol. The molecule has 0 spiro atoms. The molecular formula is C31H46N2O6S. The zero-order valence-corrected chi connectivity index (χ0v) is 25.1. The minimum absolute atomic E-state index is 0.0203. The number of fused-ring (bicyclic) bond motifs is 5. The summed E-state index contributed by atoms with van der Waals surface area (Å²) in [5.41, 5.74) is 0.341. The number of sulfonamides is 1. The van der Waals surface area contributed by atoms with E-state index in [1.807, 2.05) is 0 Å². The predicted octanol–water partition coefficient (Wildman–Crippen LogP) is 4.51. The molecule has 4 fully saturated rings. The van der Waals surface area contributed by atoms with E-state index >= 15 is 0 Å². The second-order valence-electron chi connectivity index (χ2n) is 13.5. The summed E-state index contributed by atoms with van der Waals surface area (Å²) >= 11 is 0. The fraction of sp³-hybridized carbons (Fsp3) is 0.742. The van der Waals surface area contributed by atoms with Crippen molar-refractivity contribution in [1.29, 1.82) is 0 Å². The molecule has 0 aliphatic heterocycles. The highest BCUT2D eigenvalue weighted by atomic mass is 32.2. The second kappa shape index (κ2) is 11.0. The van der Waals surface area contributed by atoms with Gasteiger partial charge in [0.2, 0.25) is 0 Å². The fourth-order valence-electron chi connectivity index (χ4n) is 9.55. The van der Waals surface area contributed by atoms with Gasteiger partial charge in [-0.1, -0.05) is 39.0 Å². The average molecular weight is 575 g/mol. The molecule has 0 saturated heterocycles. The Balaban J connectivity index is 1.47. The minimum atomic E-state index is -3.90. The van der Waals surface area contributed by atoms with E-state index < -0.39 is 22.2 Å². The first-order chi connectivity index (χ1) is 18.9. The number of methoxy groups -OCH3 is 1. The third kappa shape index (κ3) is 5.00. The summed E-state index contributed by atoms with van der Waals surface area (Å²) < 4.78 is 31.0. The standard InChI is InChI=1S/C31H46N2O6S/c1-19(10-13-26(35)39-4)22-11-12-23-27-24(15-17-30(22,23)2)31(3)16-14-20(34)18-25(31)28(29(27)36)32-33-40(37,38)21-8-6-5-7-9-21/h5-9,19-20,22-25,27,29,33-34,36H,10-18H2,1-4H3/b32-28-/t19-,20-,22?,23?,24?,25+,27?,29+,30-,31-/m1/s1. The number of benzene rings is 1. The number of aliphatic hydroxyl groups is 2. The maximum atomic E-state index is 13.1. The molecule has 0 amide bonds. The molecule has 8 nitrogen and oxygen atoms in total. The first-order valence-electron chi connectivity index (χ1n) is 15.0. The van der Waals surface area contributed by atoms with E-state index in [1.165, 1.54) is 19.2 Å². The van der Waals surface area contributed by atoms with Gasteiger partial charge in [-0.25, -0.2) is 4.83 Å². The fourth-order valence-corrected chi connectivity index (χ4v) is 10.4. The Hall–Kier alpha value is -1.97. The lowest BCUT2D eigenvalue weighted by Crippen LogP contribution is -2.63. The van der Waals surface area contributed by atoms with Gasteiger partial charge >= 0.3 is 5.97 Å². The Kier molecular flexibility index (Phi) is 8.14. The summed E-state index contributed by atoms with van der Waals surface area (Å²) in [6, 6.07) is 8.15. The second-order valence-corrected chi connectivity index (χ2v) is 15.1. The van der Waals surface area contributed by atoms with Gasteiger partial charge in [0, 0.05) is 12.3 Å². The molecule has 3 N–H and O–H groups in total. The van der Waals surface area contributed by atoms with Crippen LogP contribution in [0.4, 0.5) is 0 Å². The first-order valence-corrected chi connectivity index (χ1v) is 16.5. The van der Waals surface area contributed by atoms with E-state index in [-0.39, 0.29) is 45.4 Å². The summed E-state index contributed by atoms with van der Waals surface area (Å²) in [5, 5.41) is 27.2. The van der Waals surface area contributed by atoms with Crippen molar-refractivity contribution in [2.45, 2.75) is 95.7 Å². The number of aliphatic hydroxyl groups excluding tert-OH is 2. The number of nitrogens with zero attached hydrogens (tertiary/aromatic N) is 1. The van der Waals surface area contributed by atoms with Crippen LogP contribution in [0.3, 0.4) is 0 Å².